The zero-order valence-electron chi connectivity index (χ0n) is 25.0. The third-order valence-electron chi connectivity index (χ3n) is 8.35. The maximum atomic E-state index is 5.19. The SMILES string of the molecule is c1ccc(-c2ccc(-c3nc(-c4ccc(-c5ccncc5)cc4)cc(-c4ccc(-c5cccnc5)cc4)n3)c3ccccc23)cc1. The van der Waals surface area contributed by atoms with Crippen LogP contribution in [0.25, 0.3) is 78.1 Å². The van der Waals surface area contributed by atoms with Crippen LogP contribution in [0.1, 0.15) is 0 Å². The second kappa shape index (κ2) is 12.0. The molecule has 4 nitrogen and oxygen atoms in total. The van der Waals surface area contributed by atoms with Crippen LogP contribution >= 0.6 is 0 Å². The lowest BCUT2D eigenvalue weighted by Gasteiger charge is -2.14. The van der Waals surface area contributed by atoms with Crippen molar-refractivity contribution in [2.75, 3.05) is 0 Å². The number of hydrogen-bond donors (Lipinski definition) is 0. The average molecular weight is 589 g/mol. The van der Waals surface area contributed by atoms with E-state index in [1.165, 1.54) is 16.5 Å². The smallest absolute Gasteiger partial charge is 0.161 e. The maximum absolute atomic E-state index is 5.19. The highest BCUT2D eigenvalue weighted by atomic mass is 14.9. The summed E-state index contributed by atoms with van der Waals surface area (Å²) in [5, 5.41) is 2.29. The second-order valence-electron chi connectivity index (χ2n) is 11.2. The minimum atomic E-state index is 0.692. The van der Waals surface area contributed by atoms with Crippen LogP contribution in [0.2, 0.25) is 0 Å². The lowest BCUT2D eigenvalue weighted by Crippen LogP contribution is -1.97. The van der Waals surface area contributed by atoms with E-state index in [9.17, 15) is 0 Å². The summed E-state index contributed by atoms with van der Waals surface area (Å²) in [7, 11) is 0. The highest BCUT2D eigenvalue weighted by Crippen LogP contribution is 2.36. The predicted octanol–water partition coefficient (Wildman–Crippen LogP) is 10.4. The van der Waals surface area contributed by atoms with Crippen molar-refractivity contribution in [1.29, 1.82) is 0 Å². The summed E-state index contributed by atoms with van der Waals surface area (Å²) >= 11 is 0. The number of hydrogen-bond acceptors (Lipinski definition) is 4. The first kappa shape index (κ1) is 27.3. The molecule has 5 aromatic carbocycles. The van der Waals surface area contributed by atoms with Crippen LogP contribution in [0.4, 0.5) is 0 Å². The molecule has 3 heterocycles. The number of benzene rings is 5. The van der Waals surface area contributed by atoms with Crippen molar-refractivity contribution in [3.63, 3.8) is 0 Å². The second-order valence-corrected chi connectivity index (χ2v) is 11.2. The van der Waals surface area contributed by atoms with E-state index in [2.05, 4.69) is 131 Å². The summed E-state index contributed by atoms with van der Waals surface area (Å²) in [5.41, 5.74) is 11.6. The first-order valence-corrected chi connectivity index (χ1v) is 15.3. The molecule has 0 unspecified atom stereocenters. The van der Waals surface area contributed by atoms with Gasteiger partial charge in [0.25, 0.3) is 0 Å². The lowest BCUT2D eigenvalue weighted by molar-refractivity contribution is 1.19. The van der Waals surface area contributed by atoms with Crippen LogP contribution in [0.5, 0.6) is 0 Å². The quantitative estimate of drug-likeness (QED) is 0.194. The van der Waals surface area contributed by atoms with Gasteiger partial charge in [-0.1, -0.05) is 115 Å². The molecule has 0 bridgehead atoms. The summed E-state index contributed by atoms with van der Waals surface area (Å²) in [4.78, 5) is 18.8. The number of rotatable bonds is 6. The maximum Gasteiger partial charge on any atom is 0.161 e. The Balaban J connectivity index is 1.27. The van der Waals surface area contributed by atoms with Crippen LogP contribution in [-0.4, -0.2) is 19.9 Å². The van der Waals surface area contributed by atoms with Crippen LogP contribution in [-0.2, 0) is 0 Å². The van der Waals surface area contributed by atoms with Gasteiger partial charge in [-0.25, -0.2) is 9.97 Å². The highest BCUT2D eigenvalue weighted by molar-refractivity contribution is 6.04. The zero-order valence-corrected chi connectivity index (χ0v) is 25.0. The summed E-state index contributed by atoms with van der Waals surface area (Å²) < 4.78 is 0. The van der Waals surface area contributed by atoms with Gasteiger partial charge in [0.2, 0.25) is 0 Å². The van der Waals surface area contributed by atoms with Crippen LogP contribution < -0.4 is 0 Å². The number of nitrogens with zero attached hydrogens (tertiary/aromatic N) is 4. The minimum absolute atomic E-state index is 0.692. The van der Waals surface area contributed by atoms with Crippen molar-refractivity contribution in [3.8, 4) is 67.3 Å². The zero-order chi connectivity index (χ0) is 30.7. The van der Waals surface area contributed by atoms with Crippen LogP contribution in [0.15, 0.2) is 170 Å². The molecule has 0 atom stereocenters. The summed E-state index contributed by atoms with van der Waals surface area (Å²) in [6, 6.07) is 50.6. The normalized spacial score (nSPS) is 11.0. The molecule has 46 heavy (non-hydrogen) atoms. The molecule has 0 aliphatic rings. The molecule has 8 rings (SSSR count). The Morgan fingerprint density at radius 3 is 1.48 bits per heavy atom. The van der Waals surface area contributed by atoms with E-state index in [4.69, 9.17) is 9.97 Å². The fourth-order valence-electron chi connectivity index (χ4n) is 5.97. The standard InChI is InChI=1S/C42H28N4/c1-2-7-32(8-3-1)36-20-21-39(38-11-5-4-10-37(36)38)42-45-40(33-16-12-29(13-17-33)31-22-25-43-26-23-31)27-41(46-42)34-18-14-30(15-19-34)35-9-6-24-44-28-35/h1-28H. The lowest BCUT2D eigenvalue weighted by atomic mass is 9.94. The van der Waals surface area contributed by atoms with Crippen molar-refractivity contribution in [2.45, 2.75) is 0 Å². The molecule has 3 aromatic heterocycles. The molecule has 8 aromatic rings. The van der Waals surface area contributed by atoms with Gasteiger partial charge in [-0.15, -0.1) is 0 Å². The largest absolute Gasteiger partial charge is 0.265 e. The van der Waals surface area contributed by atoms with Gasteiger partial charge in [0.15, 0.2) is 5.82 Å². The molecular formula is C42H28N4. The van der Waals surface area contributed by atoms with Gasteiger partial charge in [0.05, 0.1) is 11.4 Å². The van der Waals surface area contributed by atoms with Crippen molar-refractivity contribution in [1.82, 2.24) is 19.9 Å². The van der Waals surface area contributed by atoms with Gasteiger partial charge in [0.1, 0.15) is 0 Å². The summed E-state index contributed by atoms with van der Waals surface area (Å²) in [6.07, 6.45) is 7.32. The monoisotopic (exact) mass is 588 g/mol. The molecule has 0 radical (unpaired) electrons. The number of aromatic nitrogens is 4. The third-order valence-corrected chi connectivity index (χ3v) is 8.35. The molecule has 0 amide bonds. The Morgan fingerprint density at radius 1 is 0.326 bits per heavy atom. The average Bonchev–Trinajstić information content (AvgIpc) is 3.15. The van der Waals surface area contributed by atoms with Gasteiger partial charge in [0, 0.05) is 41.5 Å². The Bertz CT molecular complexity index is 2160. The molecule has 4 heteroatoms. The molecule has 0 fully saturated rings. The Morgan fingerprint density at radius 2 is 0.848 bits per heavy atom. The minimum Gasteiger partial charge on any atom is -0.265 e. The Kier molecular flexibility index (Phi) is 7.14. The van der Waals surface area contributed by atoms with Gasteiger partial charge < -0.3 is 0 Å². The Labute approximate surface area is 267 Å². The topological polar surface area (TPSA) is 51.6 Å². The van der Waals surface area contributed by atoms with E-state index < -0.39 is 0 Å². The molecule has 0 N–H and O–H groups in total. The van der Waals surface area contributed by atoms with E-state index in [1.807, 2.05) is 42.9 Å². The van der Waals surface area contributed by atoms with Crippen molar-refractivity contribution in [3.05, 3.63) is 170 Å². The van der Waals surface area contributed by atoms with E-state index in [0.29, 0.717) is 5.82 Å². The fraction of sp³-hybridized carbons (Fsp3) is 0. The van der Waals surface area contributed by atoms with E-state index >= 15 is 0 Å². The third kappa shape index (κ3) is 5.33. The molecule has 216 valence electrons. The van der Waals surface area contributed by atoms with E-state index in [0.717, 1.165) is 55.7 Å². The molecule has 0 saturated heterocycles. The van der Waals surface area contributed by atoms with Crippen molar-refractivity contribution in [2.24, 2.45) is 0 Å². The predicted molar refractivity (Wildman–Crippen MR) is 188 cm³/mol. The molecule has 0 saturated carbocycles. The summed E-state index contributed by atoms with van der Waals surface area (Å²) in [6.45, 7) is 0. The van der Waals surface area contributed by atoms with Gasteiger partial charge in [-0.2, -0.15) is 0 Å². The van der Waals surface area contributed by atoms with Gasteiger partial charge in [-0.3, -0.25) is 9.97 Å². The van der Waals surface area contributed by atoms with Crippen molar-refractivity contribution < 1.29 is 0 Å². The van der Waals surface area contributed by atoms with E-state index in [-0.39, 0.29) is 0 Å². The number of fused-ring (bicyclic) bond motifs is 1. The van der Waals surface area contributed by atoms with E-state index in [1.54, 1.807) is 6.20 Å². The highest BCUT2D eigenvalue weighted by Gasteiger charge is 2.15. The fourth-order valence-corrected chi connectivity index (χ4v) is 5.97. The first-order valence-electron chi connectivity index (χ1n) is 15.3. The molecule has 0 aliphatic heterocycles. The van der Waals surface area contributed by atoms with Gasteiger partial charge >= 0.3 is 0 Å². The van der Waals surface area contributed by atoms with Crippen molar-refractivity contribution >= 4 is 10.8 Å². The van der Waals surface area contributed by atoms with Crippen LogP contribution in [0, 0.1) is 0 Å². The number of pyridine rings is 2. The molecule has 0 spiro atoms. The summed E-state index contributed by atoms with van der Waals surface area (Å²) in [5.74, 6) is 0.692. The first-order chi connectivity index (χ1) is 22.8. The molecular weight excluding hydrogens is 560 g/mol. The van der Waals surface area contributed by atoms with Crippen LogP contribution in [0.3, 0.4) is 0 Å². The Hall–Kier alpha value is -6.26. The molecule has 0 aliphatic carbocycles. The van der Waals surface area contributed by atoms with Gasteiger partial charge in [-0.05, 0) is 74.5 Å².